The Morgan fingerprint density at radius 1 is 1.11 bits per heavy atom. The molecule has 0 spiro atoms. The summed E-state index contributed by atoms with van der Waals surface area (Å²) in [6.45, 7) is 0.312. The highest BCUT2D eigenvalue weighted by Gasteiger charge is 2.39. The van der Waals surface area contributed by atoms with E-state index in [0.29, 0.717) is 17.7 Å². The first kappa shape index (κ1) is 10.9. The van der Waals surface area contributed by atoms with Crippen molar-refractivity contribution < 1.29 is 19.2 Å². The number of nitrogens with zero attached hydrogens (tertiary/aromatic N) is 1. The van der Waals surface area contributed by atoms with Gasteiger partial charge in [0, 0.05) is 6.54 Å². The third-order valence-corrected chi connectivity index (χ3v) is 2.95. The van der Waals surface area contributed by atoms with E-state index >= 15 is 0 Å². The molecule has 3 rings (SSSR count). The van der Waals surface area contributed by atoms with Crippen molar-refractivity contribution in [2.24, 2.45) is 0 Å². The Kier molecular flexibility index (Phi) is 2.38. The molecule has 0 aromatic heterocycles. The first-order valence-corrected chi connectivity index (χ1v) is 5.58. The van der Waals surface area contributed by atoms with Crippen molar-refractivity contribution in [2.45, 2.75) is 12.5 Å². The van der Waals surface area contributed by atoms with Gasteiger partial charge in [-0.05, 0) is 12.1 Å². The normalized spacial score (nSPS) is 22.3. The van der Waals surface area contributed by atoms with Crippen LogP contribution in [0, 0.1) is 0 Å². The van der Waals surface area contributed by atoms with Crippen molar-refractivity contribution in [3.05, 3.63) is 35.4 Å². The number of hydrogen-bond acceptors (Lipinski definition) is 4. The zero-order chi connectivity index (χ0) is 12.7. The maximum absolute atomic E-state index is 12.0. The molecule has 1 aromatic carbocycles. The molecule has 18 heavy (non-hydrogen) atoms. The number of hydroxylamine groups is 2. The van der Waals surface area contributed by atoms with Gasteiger partial charge in [0.2, 0.25) is 5.91 Å². The Morgan fingerprint density at radius 3 is 2.22 bits per heavy atom. The van der Waals surface area contributed by atoms with Crippen LogP contribution in [0.1, 0.15) is 27.1 Å². The summed E-state index contributed by atoms with van der Waals surface area (Å²) < 4.78 is 0. The predicted molar refractivity (Wildman–Crippen MR) is 59.4 cm³/mol. The zero-order valence-electron chi connectivity index (χ0n) is 9.38. The number of fused-ring (bicyclic) bond motifs is 1. The minimum absolute atomic E-state index is 0.142. The zero-order valence-corrected chi connectivity index (χ0v) is 9.38. The van der Waals surface area contributed by atoms with E-state index in [1.54, 1.807) is 24.3 Å². The maximum atomic E-state index is 12.0. The summed E-state index contributed by atoms with van der Waals surface area (Å²) >= 11 is 0. The van der Waals surface area contributed by atoms with Gasteiger partial charge in [-0.1, -0.05) is 12.1 Å². The van der Waals surface area contributed by atoms with E-state index in [2.05, 4.69) is 5.32 Å². The third kappa shape index (κ3) is 1.58. The molecule has 1 fully saturated rings. The highest BCUT2D eigenvalue weighted by molar-refractivity contribution is 6.20. The standard InChI is InChI=1S/C12H10N2O4/c15-10-5-7(6-13-10)18-14-11(16)8-3-1-2-4-9(8)12(14)17/h1-4,7H,5-6H2,(H,13,15)/t7-/m0/s1. The lowest BCUT2D eigenvalue weighted by Crippen LogP contribution is -2.35. The number of hydrogen-bond donors (Lipinski definition) is 1. The number of carbonyl (C=O) groups is 3. The molecule has 6 heteroatoms. The van der Waals surface area contributed by atoms with Gasteiger partial charge < -0.3 is 5.32 Å². The van der Waals surface area contributed by atoms with Gasteiger partial charge in [-0.2, -0.15) is 0 Å². The van der Waals surface area contributed by atoms with Crippen LogP contribution in [0.2, 0.25) is 0 Å². The molecule has 0 saturated carbocycles. The first-order chi connectivity index (χ1) is 8.66. The van der Waals surface area contributed by atoms with Crippen molar-refractivity contribution in [2.75, 3.05) is 6.54 Å². The van der Waals surface area contributed by atoms with Crippen molar-refractivity contribution in [1.29, 1.82) is 0 Å². The third-order valence-electron chi connectivity index (χ3n) is 2.95. The monoisotopic (exact) mass is 246 g/mol. The van der Waals surface area contributed by atoms with Crippen LogP contribution in [0.3, 0.4) is 0 Å². The topological polar surface area (TPSA) is 75.7 Å². The van der Waals surface area contributed by atoms with Crippen molar-refractivity contribution in [3.63, 3.8) is 0 Å². The molecule has 1 N–H and O–H groups in total. The SMILES string of the molecule is O=C1C[C@H](ON2C(=O)c3ccccc3C2=O)CN1. The van der Waals surface area contributed by atoms with E-state index in [1.165, 1.54) is 0 Å². The molecule has 0 aliphatic carbocycles. The van der Waals surface area contributed by atoms with Crippen LogP contribution in [0.15, 0.2) is 24.3 Å². The molecular weight excluding hydrogens is 236 g/mol. The van der Waals surface area contributed by atoms with Gasteiger partial charge in [-0.25, -0.2) is 0 Å². The second-order valence-electron chi connectivity index (χ2n) is 4.19. The van der Waals surface area contributed by atoms with Crippen LogP contribution >= 0.6 is 0 Å². The molecule has 92 valence electrons. The summed E-state index contributed by atoms with van der Waals surface area (Å²) in [5.41, 5.74) is 0.666. The fraction of sp³-hybridized carbons (Fsp3) is 0.250. The summed E-state index contributed by atoms with van der Waals surface area (Å²) in [6.07, 6.45) is -0.312. The quantitative estimate of drug-likeness (QED) is 0.751. The number of benzene rings is 1. The minimum Gasteiger partial charge on any atom is -0.353 e. The van der Waals surface area contributed by atoms with Crippen LogP contribution in [0.25, 0.3) is 0 Å². The van der Waals surface area contributed by atoms with Gasteiger partial charge in [-0.3, -0.25) is 19.2 Å². The molecule has 0 unspecified atom stereocenters. The Bertz CT molecular complexity index is 520. The fourth-order valence-corrected chi connectivity index (χ4v) is 2.07. The lowest BCUT2D eigenvalue weighted by atomic mass is 10.1. The Labute approximate surface area is 102 Å². The molecule has 2 aliphatic rings. The average molecular weight is 246 g/mol. The molecule has 1 saturated heterocycles. The summed E-state index contributed by atoms with van der Waals surface area (Å²) in [5, 5.41) is 3.33. The number of nitrogens with one attached hydrogen (secondary N) is 1. The molecule has 0 bridgehead atoms. The van der Waals surface area contributed by atoms with Crippen LogP contribution < -0.4 is 5.32 Å². The number of rotatable bonds is 2. The van der Waals surface area contributed by atoms with Gasteiger partial charge in [0.05, 0.1) is 17.5 Å². The van der Waals surface area contributed by atoms with Crippen LogP contribution in [-0.4, -0.2) is 35.4 Å². The van der Waals surface area contributed by atoms with Gasteiger partial charge >= 0.3 is 0 Å². The van der Waals surface area contributed by atoms with Gasteiger partial charge in [0.15, 0.2) is 0 Å². The summed E-state index contributed by atoms with van der Waals surface area (Å²) in [5.74, 6) is -1.10. The lowest BCUT2D eigenvalue weighted by Gasteiger charge is -2.17. The van der Waals surface area contributed by atoms with Gasteiger partial charge in [0.1, 0.15) is 6.10 Å². The predicted octanol–water partition coefficient (Wildman–Crippen LogP) is 0.103. The van der Waals surface area contributed by atoms with Gasteiger partial charge in [0.25, 0.3) is 11.8 Å². The molecule has 6 nitrogen and oxygen atoms in total. The number of amides is 3. The highest BCUT2D eigenvalue weighted by Crippen LogP contribution is 2.24. The second-order valence-corrected chi connectivity index (χ2v) is 4.19. The molecule has 3 amide bonds. The number of carbonyl (C=O) groups excluding carboxylic acids is 3. The van der Waals surface area contributed by atoms with E-state index in [9.17, 15) is 14.4 Å². The fourth-order valence-electron chi connectivity index (χ4n) is 2.07. The Balaban J connectivity index is 1.82. The average Bonchev–Trinajstić information content (AvgIpc) is 2.88. The van der Waals surface area contributed by atoms with E-state index in [-0.39, 0.29) is 12.3 Å². The van der Waals surface area contributed by atoms with Crippen molar-refractivity contribution in [3.8, 4) is 0 Å². The molecule has 0 radical (unpaired) electrons. The van der Waals surface area contributed by atoms with E-state index in [1.807, 2.05) is 0 Å². The molecule has 1 aromatic rings. The second kappa shape index (κ2) is 3.92. The largest absolute Gasteiger partial charge is 0.353 e. The van der Waals surface area contributed by atoms with E-state index < -0.39 is 17.9 Å². The first-order valence-electron chi connectivity index (χ1n) is 5.58. The van der Waals surface area contributed by atoms with Crippen LogP contribution in [-0.2, 0) is 9.63 Å². The van der Waals surface area contributed by atoms with Crippen molar-refractivity contribution >= 4 is 17.7 Å². The lowest BCUT2D eigenvalue weighted by molar-refractivity contribution is -0.132. The molecular formula is C12H10N2O4. The molecule has 2 aliphatic heterocycles. The highest BCUT2D eigenvalue weighted by atomic mass is 16.7. The summed E-state index contributed by atoms with van der Waals surface area (Å²) in [7, 11) is 0. The summed E-state index contributed by atoms with van der Waals surface area (Å²) in [4.78, 5) is 40.2. The maximum Gasteiger partial charge on any atom is 0.285 e. The molecule has 2 heterocycles. The van der Waals surface area contributed by atoms with E-state index in [0.717, 1.165) is 5.06 Å². The Morgan fingerprint density at radius 2 is 1.72 bits per heavy atom. The smallest absolute Gasteiger partial charge is 0.285 e. The van der Waals surface area contributed by atoms with Crippen molar-refractivity contribution in [1.82, 2.24) is 10.4 Å². The van der Waals surface area contributed by atoms with Crippen LogP contribution in [0.4, 0.5) is 0 Å². The summed E-state index contributed by atoms with van der Waals surface area (Å²) in [6, 6.07) is 6.54. The van der Waals surface area contributed by atoms with E-state index in [4.69, 9.17) is 4.84 Å². The van der Waals surface area contributed by atoms with Gasteiger partial charge in [-0.15, -0.1) is 5.06 Å². The molecule has 1 atom stereocenters. The van der Waals surface area contributed by atoms with Crippen LogP contribution in [0.5, 0.6) is 0 Å². The Hall–Kier alpha value is -2.21. The number of imide groups is 1. The minimum atomic E-state index is -0.477.